The molecule has 3 N–H and O–H groups in total. The van der Waals surface area contributed by atoms with Crippen molar-refractivity contribution in [2.24, 2.45) is 5.73 Å². The second kappa shape index (κ2) is 4.74. The summed E-state index contributed by atoms with van der Waals surface area (Å²) in [5, 5.41) is 7.92. The number of nitrogens with one attached hydrogen (secondary N) is 1. The lowest BCUT2D eigenvalue weighted by atomic mass is 10.2. The third kappa shape index (κ3) is 2.10. The number of esters is 1. The summed E-state index contributed by atoms with van der Waals surface area (Å²) < 4.78 is 4.84. The summed E-state index contributed by atoms with van der Waals surface area (Å²) in [7, 11) is 0. The molecule has 7 nitrogen and oxygen atoms in total. The molecule has 2 heterocycles. The molecule has 0 saturated heterocycles. The Morgan fingerprint density at radius 1 is 1.44 bits per heavy atom. The van der Waals surface area contributed by atoms with Crippen LogP contribution in [0, 0.1) is 5.41 Å². The van der Waals surface area contributed by atoms with Gasteiger partial charge in [-0.1, -0.05) is 0 Å². The fourth-order valence-electron chi connectivity index (χ4n) is 1.48. The van der Waals surface area contributed by atoms with Crippen LogP contribution in [0.1, 0.15) is 23.1 Å². The fourth-order valence-corrected chi connectivity index (χ4v) is 1.48. The van der Waals surface area contributed by atoms with Crippen LogP contribution in [-0.4, -0.2) is 33.4 Å². The number of fused-ring (bicyclic) bond motifs is 1. The highest BCUT2D eigenvalue weighted by atomic mass is 16.5. The van der Waals surface area contributed by atoms with Crippen LogP contribution in [0.5, 0.6) is 0 Å². The van der Waals surface area contributed by atoms with Crippen LogP contribution in [-0.2, 0) is 4.74 Å². The van der Waals surface area contributed by atoms with Crippen molar-refractivity contribution >= 4 is 22.8 Å². The van der Waals surface area contributed by atoms with Crippen LogP contribution in [0.25, 0.3) is 11.0 Å². The SMILES string of the molecule is CCOC(=O)c1ccc2c(C(=N)N)ncnc2n1. The molecular formula is C11H11N5O2. The molecule has 0 bridgehead atoms. The molecule has 0 radical (unpaired) electrons. The van der Waals surface area contributed by atoms with Crippen molar-refractivity contribution in [3.8, 4) is 0 Å². The summed E-state index contributed by atoms with van der Waals surface area (Å²) in [6.45, 7) is 2.00. The van der Waals surface area contributed by atoms with E-state index in [0.717, 1.165) is 0 Å². The monoisotopic (exact) mass is 245 g/mol. The molecule has 0 aliphatic carbocycles. The molecule has 18 heavy (non-hydrogen) atoms. The number of rotatable bonds is 3. The maximum Gasteiger partial charge on any atom is 0.357 e. The van der Waals surface area contributed by atoms with E-state index >= 15 is 0 Å². The largest absolute Gasteiger partial charge is 0.461 e. The molecule has 0 fully saturated rings. The van der Waals surface area contributed by atoms with Gasteiger partial charge in [-0.05, 0) is 19.1 Å². The number of nitrogens with two attached hydrogens (primary N) is 1. The lowest BCUT2D eigenvalue weighted by Crippen LogP contribution is -2.15. The first-order valence-corrected chi connectivity index (χ1v) is 5.26. The standard InChI is InChI=1S/C11H11N5O2/c1-2-18-11(17)7-4-3-6-8(9(12)13)14-5-15-10(6)16-7/h3-5H,2H2,1H3,(H3,12,13). The molecule has 0 aromatic carbocycles. The number of hydrogen-bond acceptors (Lipinski definition) is 6. The summed E-state index contributed by atoms with van der Waals surface area (Å²) >= 11 is 0. The van der Waals surface area contributed by atoms with Crippen LogP contribution >= 0.6 is 0 Å². The summed E-state index contributed by atoms with van der Waals surface area (Å²) in [4.78, 5) is 23.4. The highest BCUT2D eigenvalue weighted by molar-refractivity contribution is 6.04. The molecule has 92 valence electrons. The maximum atomic E-state index is 11.5. The summed E-state index contributed by atoms with van der Waals surface area (Å²) in [5.41, 5.74) is 6.16. The molecular weight excluding hydrogens is 234 g/mol. The molecule has 0 amide bonds. The maximum absolute atomic E-state index is 11.5. The topological polar surface area (TPSA) is 115 Å². The third-order valence-corrected chi connectivity index (χ3v) is 2.24. The van der Waals surface area contributed by atoms with Crippen molar-refractivity contribution in [1.29, 1.82) is 5.41 Å². The minimum absolute atomic E-state index is 0.164. The predicted octanol–water partition coefficient (Wildman–Crippen LogP) is 0.486. The molecule has 2 aromatic rings. The molecule has 0 atom stereocenters. The number of hydrogen-bond donors (Lipinski definition) is 2. The van der Waals surface area contributed by atoms with E-state index in [2.05, 4.69) is 15.0 Å². The van der Waals surface area contributed by atoms with E-state index in [1.54, 1.807) is 13.0 Å². The Hall–Kier alpha value is -2.57. The lowest BCUT2D eigenvalue weighted by Gasteiger charge is -2.04. The second-order valence-corrected chi connectivity index (χ2v) is 3.42. The molecule has 0 spiro atoms. The zero-order valence-corrected chi connectivity index (χ0v) is 9.67. The molecule has 0 aliphatic rings. The van der Waals surface area contributed by atoms with Gasteiger partial charge in [-0.15, -0.1) is 0 Å². The van der Waals surface area contributed by atoms with Gasteiger partial charge >= 0.3 is 5.97 Å². The number of pyridine rings is 1. The van der Waals surface area contributed by atoms with E-state index in [9.17, 15) is 4.79 Å². The number of nitrogen functional groups attached to an aromatic ring is 1. The normalized spacial score (nSPS) is 10.3. The average molecular weight is 245 g/mol. The highest BCUT2D eigenvalue weighted by Gasteiger charge is 2.12. The van der Waals surface area contributed by atoms with Crippen molar-refractivity contribution in [3.63, 3.8) is 0 Å². The molecule has 0 aliphatic heterocycles. The van der Waals surface area contributed by atoms with Gasteiger partial charge in [0.2, 0.25) is 0 Å². The summed E-state index contributed by atoms with van der Waals surface area (Å²) in [5.74, 6) is -0.685. The van der Waals surface area contributed by atoms with Gasteiger partial charge in [-0.25, -0.2) is 19.7 Å². The van der Waals surface area contributed by atoms with E-state index in [0.29, 0.717) is 16.7 Å². The quantitative estimate of drug-likeness (QED) is 0.462. The Kier molecular flexibility index (Phi) is 3.13. The van der Waals surface area contributed by atoms with Crippen molar-refractivity contribution in [1.82, 2.24) is 15.0 Å². The molecule has 0 unspecified atom stereocenters. The Bertz CT molecular complexity index is 626. The molecule has 2 rings (SSSR count). The van der Waals surface area contributed by atoms with Crippen molar-refractivity contribution in [2.75, 3.05) is 6.61 Å². The predicted molar refractivity (Wildman–Crippen MR) is 64.3 cm³/mol. The lowest BCUT2D eigenvalue weighted by molar-refractivity contribution is 0.0520. The van der Waals surface area contributed by atoms with Crippen LogP contribution in [0.4, 0.5) is 0 Å². The van der Waals surface area contributed by atoms with Crippen molar-refractivity contribution in [2.45, 2.75) is 6.92 Å². The van der Waals surface area contributed by atoms with Gasteiger partial charge in [0.25, 0.3) is 0 Å². The number of aromatic nitrogens is 3. The smallest absolute Gasteiger partial charge is 0.357 e. The Morgan fingerprint density at radius 3 is 2.89 bits per heavy atom. The second-order valence-electron chi connectivity index (χ2n) is 3.42. The van der Waals surface area contributed by atoms with Crippen LogP contribution in [0.15, 0.2) is 18.5 Å². The van der Waals surface area contributed by atoms with Crippen LogP contribution in [0.3, 0.4) is 0 Å². The number of nitrogens with zero attached hydrogens (tertiary/aromatic N) is 3. The van der Waals surface area contributed by atoms with Crippen LogP contribution in [0.2, 0.25) is 0 Å². The van der Waals surface area contributed by atoms with E-state index < -0.39 is 5.97 Å². The summed E-state index contributed by atoms with van der Waals surface area (Å²) in [6.07, 6.45) is 1.25. The van der Waals surface area contributed by atoms with Crippen LogP contribution < -0.4 is 5.73 Å². The Morgan fingerprint density at radius 2 is 2.22 bits per heavy atom. The first kappa shape index (κ1) is 11.9. The molecule has 2 aromatic heterocycles. The van der Waals surface area contributed by atoms with Gasteiger partial charge in [-0.3, -0.25) is 5.41 Å². The number of carbonyl (C=O) groups is 1. The number of amidine groups is 1. The highest BCUT2D eigenvalue weighted by Crippen LogP contribution is 2.13. The van der Waals surface area contributed by atoms with Gasteiger partial charge in [0.1, 0.15) is 17.9 Å². The van der Waals surface area contributed by atoms with Crippen molar-refractivity contribution < 1.29 is 9.53 Å². The van der Waals surface area contributed by atoms with Gasteiger partial charge in [0.15, 0.2) is 11.3 Å². The van der Waals surface area contributed by atoms with Gasteiger partial charge in [0, 0.05) is 5.39 Å². The van der Waals surface area contributed by atoms with Crippen molar-refractivity contribution in [3.05, 3.63) is 29.8 Å². The fraction of sp³-hybridized carbons (Fsp3) is 0.182. The Balaban J connectivity index is 2.53. The van der Waals surface area contributed by atoms with Gasteiger partial charge in [0.05, 0.1) is 6.61 Å². The summed E-state index contributed by atoms with van der Waals surface area (Å²) in [6, 6.07) is 3.10. The Labute approximate surface area is 103 Å². The van der Waals surface area contributed by atoms with Gasteiger partial charge < -0.3 is 10.5 Å². The first-order chi connectivity index (χ1) is 8.63. The third-order valence-electron chi connectivity index (χ3n) is 2.24. The zero-order chi connectivity index (χ0) is 13.1. The van der Waals surface area contributed by atoms with E-state index in [1.807, 2.05) is 0 Å². The van der Waals surface area contributed by atoms with E-state index in [4.69, 9.17) is 15.9 Å². The van der Waals surface area contributed by atoms with E-state index in [-0.39, 0.29) is 18.1 Å². The average Bonchev–Trinajstić information content (AvgIpc) is 2.37. The van der Waals surface area contributed by atoms with E-state index in [1.165, 1.54) is 12.4 Å². The minimum Gasteiger partial charge on any atom is -0.461 e. The minimum atomic E-state index is -0.512. The number of ether oxygens (including phenoxy) is 1. The number of carbonyl (C=O) groups excluding carboxylic acids is 1. The van der Waals surface area contributed by atoms with Gasteiger partial charge in [-0.2, -0.15) is 0 Å². The first-order valence-electron chi connectivity index (χ1n) is 5.26. The molecule has 0 saturated carbocycles. The molecule has 7 heteroatoms. The zero-order valence-electron chi connectivity index (χ0n) is 9.67.